The van der Waals surface area contributed by atoms with E-state index < -0.39 is 0 Å². The number of ether oxygens (including phenoxy) is 1. The molecule has 0 radical (unpaired) electrons. The number of carbonyl (C=O) groups excluding carboxylic acids is 2. The van der Waals surface area contributed by atoms with Crippen LogP contribution in [0.2, 0.25) is 5.15 Å². The molecule has 5 rings (SSSR count). The third kappa shape index (κ3) is 4.35. The van der Waals surface area contributed by atoms with Crippen molar-refractivity contribution in [1.82, 2.24) is 29.6 Å². The van der Waals surface area contributed by atoms with Gasteiger partial charge in [0.1, 0.15) is 16.6 Å². The zero-order valence-corrected chi connectivity index (χ0v) is 20.6. The summed E-state index contributed by atoms with van der Waals surface area (Å²) >= 11 is 7.47. The number of nitrogens with one attached hydrogen (secondary N) is 1. The first-order valence-electron chi connectivity index (χ1n) is 10.6. The van der Waals surface area contributed by atoms with Gasteiger partial charge in [-0.15, -0.1) is 0 Å². The van der Waals surface area contributed by atoms with E-state index in [1.165, 1.54) is 30.8 Å². The van der Waals surface area contributed by atoms with Crippen molar-refractivity contribution < 1.29 is 14.3 Å². The molecule has 0 saturated heterocycles. The Morgan fingerprint density at radius 3 is 2.71 bits per heavy atom. The minimum atomic E-state index is -0.363. The maximum Gasteiger partial charge on any atom is 0.272 e. The Hall–Kier alpha value is -3.83. The minimum absolute atomic E-state index is 0.110. The lowest BCUT2D eigenvalue weighted by molar-refractivity contribution is 0.0739. The average Bonchev–Trinajstić information content (AvgIpc) is 3.53. The van der Waals surface area contributed by atoms with Crippen LogP contribution in [0, 0.1) is 6.92 Å². The molecular weight excluding hydrogens is 490 g/mol. The van der Waals surface area contributed by atoms with Gasteiger partial charge in [-0.1, -0.05) is 22.9 Å². The molecule has 0 fully saturated rings. The quantitative estimate of drug-likeness (QED) is 0.408. The second-order valence-corrected chi connectivity index (χ2v) is 9.39. The smallest absolute Gasteiger partial charge is 0.272 e. The molecule has 0 aromatic carbocycles. The highest BCUT2D eigenvalue weighted by molar-refractivity contribution is 7.16. The van der Waals surface area contributed by atoms with E-state index in [9.17, 15) is 9.59 Å². The van der Waals surface area contributed by atoms with E-state index in [1.807, 2.05) is 6.92 Å². The molecule has 0 atom stereocenters. The standard InChI is InChI=1S/C23H20ClN7O3S/c1-12-6-13(14-7-20(24)26-9-18(14)34-3)15(8-25-12)21(32)29-23-28-16-10-31(11-19(16)35-23)22(33)17-4-5-27-30(17)2/h4-9H,10-11H2,1-3H3,(H,28,29,32). The van der Waals surface area contributed by atoms with Gasteiger partial charge in [-0.05, 0) is 25.1 Å². The van der Waals surface area contributed by atoms with Crippen molar-refractivity contribution in [3.05, 3.63) is 69.5 Å². The molecule has 1 aliphatic rings. The van der Waals surface area contributed by atoms with E-state index >= 15 is 0 Å². The Morgan fingerprint density at radius 1 is 1.17 bits per heavy atom. The highest BCUT2D eigenvalue weighted by Crippen LogP contribution is 2.35. The van der Waals surface area contributed by atoms with Crippen LogP contribution in [0.4, 0.5) is 5.13 Å². The number of rotatable bonds is 5. The number of pyridine rings is 2. The monoisotopic (exact) mass is 509 g/mol. The lowest BCUT2D eigenvalue weighted by Crippen LogP contribution is -2.27. The van der Waals surface area contributed by atoms with Gasteiger partial charge in [0.25, 0.3) is 11.8 Å². The number of carbonyl (C=O) groups is 2. The molecule has 0 spiro atoms. The number of fused-ring (bicyclic) bond motifs is 1. The summed E-state index contributed by atoms with van der Waals surface area (Å²) in [6, 6.07) is 5.14. The van der Waals surface area contributed by atoms with Gasteiger partial charge in [0, 0.05) is 36.3 Å². The van der Waals surface area contributed by atoms with E-state index in [2.05, 4.69) is 25.4 Å². The number of aryl methyl sites for hydroxylation is 2. The fourth-order valence-electron chi connectivity index (χ4n) is 3.90. The summed E-state index contributed by atoms with van der Waals surface area (Å²) in [7, 11) is 3.26. The third-order valence-corrected chi connectivity index (χ3v) is 6.83. The number of hydrogen-bond donors (Lipinski definition) is 1. The van der Waals surface area contributed by atoms with E-state index in [-0.39, 0.29) is 17.0 Å². The van der Waals surface area contributed by atoms with Crippen molar-refractivity contribution in [3.8, 4) is 16.9 Å². The largest absolute Gasteiger partial charge is 0.494 e. The van der Waals surface area contributed by atoms with E-state index in [4.69, 9.17) is 16.3 Å². The SMILES string of the molecule is COc1cnc(Cl)cc1-c1cc(C)ncc1C(=O)Nc1nc2c(s1)CN(C(=O)c1ccnn1C)C2. The predicted molar refractivity (Wildman–Crippen MR) is 131 cm³/mol. The van der Waals surface area contributed by atoms with Crippen LogP contribution in [0.1, 0.15) is 37.1 Å². The zero-order valence-electron chi connectivity index (χ0n) is 19.1. The first-order chi connectivity index (χ1) is 16.8. The molecule has 0 unspecified atom stereocenters. The van der Waals surface area contributed by atoms with Crippen LogP contribution < -0.4 is 10.1 Å². The van der Waals surface area contributed by atoms with Crippen LogP contribution in [0.3, 0.4) is 0 Å². The van der Waals surface area contributed by atoms with Crippen LogP contribution >= 0.6 is 22.9 Å². The summed E-state index contributed by atoms with van der Waals surface area (Å²) in [6.07, 6.45) is 4.62. The van der Waals surface area contributed by atoms with E-state index in [0.717, 1.165) is 16.3 Å². The first kappa shape index (κ1) is 22.9. The Bertz CT molecular complexity index is 1440. The number of thiazole rings is 1. The van der Waals surface area contributed by atoms with Gasteiger partial charge in [0.2, 0.25) is 0 Å². The van der Waals surface area contributed by atoms with Crippen LogP contribution in [0.5, 0.6) is 5.75 Å². The van der Waals surface area contributed by atoms with Crippen molar-refractivity contribution >= 4 is 39.9 Å². The Balaban J connectivity index is 1.37. The predicted octanol–water partition coefficient (Wildman–Crippen LogP) is 3.71. The van der Waals surface area contributed by atoms with Gasteiger partial charge in [-0.25, -0.2) is 9.97 Å². The lowest BCUT2D eigenvalue weighted by Gasteiger charge is -2.15. The Kier molecular flexibility index (Phi) is 5.95. The second kappa shape index (κ2) is 9.08. The molecule has 178 valence electrons. The molecule has 1 aliphatic heterocycles. The topological polar surface area (TPSA) is 115 Å². The summed E-state index contributed by atoms with van der Waals surface area (Å²) in [5, 5.41) is 7.67. The average molecular weight is 510 g/mol. The fourth-order valence-corrected chi connectivity index (χ4v) is 5.04. The van der Waals surface area contributed by atoms with Crippen molar-refractivity contribution in [1.29, 1.82) is 0 Å². The highest BCUT2D eigenvalue weighted by Gasteiger charge is 2.30. The molecule has 0 bridgehead atoms. The summed E-state index contributed by atoms with van der Waals surface area (Å²) in [5.74, 6) is 0.0132. The molecule has 2 amide bonds. The number of nitrogens with zero attached hydrogens (tertiary/aromatic N) is 6. The molecule has 12 heteroatoms. The summed E-state index contributed by atoms with van der Waals surface area (Å²) in [6.45, 7) is 2.64. The third-order valence-electron chi connectivity index (χ3n) is 5.63. The van der Waals surface area contributed by atoms with E-state index in [1.54, 1.807) is 41.0 Å². The normalized spacial score (nSPS) is 12.5. The van der Waals surface area contributed by atoms with Gasteiger partial charge in [0.05, 0.1) is 42.5 Å². The van der Waals surface area contributed by atoms with Gasteiger partial charge in [0.15, 0.2) is 5.13 Å². The van der Waals surface area contributed by atoms with Crippen LogP contribution in [-0.4, -0.2) is 48.6 Å². The minimum Gasteiger partial charge on any atom is -0.494 e. The number of anilines is 1. The number of aromatic nitrogens is 5. The Morgan fingerprint density at radius 2 is 2.00 bits per heavy atom. The maximum atomic E-state index is 13.2. The summed E-state index contributed by atoms with van der Waals surface area (Å²) in [5.41, 5.74) is 3.62. The molecule has 0 saturated carbocycles. The molecule has 35 heavy (non-hydrogen) atoms. The first-order valence-corrected chi connectivity index (χ1v) is 11.8. The fraction of sp³-hybridized carbons (Fsp3) is 0.217. The van der Waals surface area contributed by atoms with Crippen molar-refractivity contribution in [2.75, 3.05) is 12.4 Å². The summed E-state index contributed by atoms with van der Waals surface area (Å²) < 4.78 is 6.98. The maximum absolute atomic E-state index is 13.2. The molecular formula is C23H20ClN7O3S. The highest BCUT2D eigenvalue weighted by atomic mass is 35.5. The molecule has 4 aromatic rings. The van der Waals surface area contributed by atoms with Gasteiger partial charge >= 0.3 is 0 Å². The number of hydrogen-bond acceptors (Lipinski definition) is 8. The second-order valence-electron chi connectivity index (χ2n) is 7.92. The van der Waals surface area contributed by atoms with Crippen LogP contribution in [-0.2, 0) is 20.1 Å². The number of methoxy groups -OCH3 is 1. The lowest BCUT2D eigenvalue weighted by atomic mass is 10.0. The number of halogens is 1. The van der Waals surface area contributed by atoms with Crippen LogP contribution in [0.25, 0.3) is 11.1 Å². The molecule has 10 nitrogen and oxygen atoms in total. The van der Waals surface area contributed by atoms with Gasteiger partial charge < -0.3 is 9.64 Å². The van der Waals surface area contributed by atoms with Crippen molar-refractivity contribution in [2.45, 2.75) is 20.0 Å². The van der Waals surface area contributed by atoms with Gasteiger partial charge in [-0.3, -0.25) is 24.6 Å². The molecule has 1 N–H and O–H groups in total. The molecule has 0 aliphatic carbocycles. The Labute approximate surface area is 209 Å². The summed E-state index contributed by atoms with van der Waals surface area (Å²) in [4.78, 5) is 41.6. The molecule has 4 aromatic heterocycles. The van der Waals surface area contributed by atoms with Crippen molar-refractivity contribution in [3.63, 3.8) is 0 Å². The number of amides is 2. The zero-order chi connectivity index (χ0) is 24.7. The van der Waals surface area contributed by atoms with Crippen molar-refractivity contribution in [2.24, 2.45) is 7.05 Å². The molecule has 5 heterocycles. The van der Waals surface area contributed by atoms with Crippen LogP contribution in [0.15, 0.2) is 36.8 Å². The van der Waals surface area contributed by atoms with Gasteiger partial charge in [-0.2, -0.15) is 5.10 Å². The van der Waals surface area contributed by atoms with E-state index in [0.29, 0.717) is 46.4 Å².